The summed E-state index contributed by atoms with van der Waals surface area (Å²) in [4.78, 5) is 4.14. The number of benzene rings is 1. The van der Waals surface area contributed by atoms with Crippen LogP contribution >= 0.6 is 15.9 Å². The van der Waals surface area contributed by atoms with Crippen LogP contribution in [0.3, 0.4) is 0 Å². The van der Waals surface area contributed by atoms with Crippen LogP contribution in [-0.4, -0.2) is 4.98 Å². The maximum Gasteiger partial charge on any atom is 0.242 e. The van der Waals surface area contributed by atoms with Crippen LogP contribution in [-0.2, 0) is 0 Å². The molecule has 1 aromatic carbocycles. The van der Waals surface area contributed by atoms with Gasteiger partial charge in [0.15, 0.2) is 0 Å². The zero-order valence-electron chi connectivity index (χ0n) is 9.70. The predicted octanol–water partition coefficient (Wildman–Crippen LogP) is 3.84. The quantitative estimate of drug-likeness (QED) is 0.915. The fourth-order valence-corrected chi connectivity index (χ4v) is 1.98. The normalized spacial score (nSPS) is 10.3. The van der Waals surface area contributed by atoms with Gasteiger partial charge in [0.2, 0.25) is 5.88 Å². The molecule has 0 aliphatic heterocycles. The van der Waals surface area contributed by atoms with Crippen molar-refractivity contribution in [1.82, 2.24) is 4.98 Å². The number of hydrogen-bond acceptors (Lipinski definition) is 3. The molecule has 3 nitrogen and oxygen atoms in total. The van der Waals surface area contributed by atoms with Crippen LogP contribution in [0.4, 0.5) is 5.69 Å². The summed E-state index contributed by atoms with van der Waals surface area (Å²) in [5, 5.41) is 0. The molecule has 0 aliphatic carbocycles. The third-order valence-corrected chi connectivity index (χ3v) is 2.69. The lowest BCUT2D eigenvalue weighted by molar-refractivity contribution is 0.464. The molecule has 0 aliphatic rings. The maximum atomic E-state index is 5.83. The molecule has 2 rings (SSSR count). The predicted molar refractivity (Wildman–Crippen MR) is 72.3 cm³/mol. The highest BCUT2D eigenvalue weighted by Gasteiger charge is 2.05. The smallest absolute Gasteiger partial charge is 0.242 e. The second-order valence-electron chi connectivity index (χ2n) is 3.97. The maximum absolute atomic E-state index is 5.83. The standard InChI is InChI=1S/C13H13BrN2O/c1-8-3-9(2)5-11(4-8)17-13-12(15)6-10(14)7-16-13/h3-7H,15H2,1-2H3. The largest absolute Gasteiger partial charge is 0.437 e. The molecule has 2 N–H and O–H groups in total. The second-order valence-corrected chi connectivity index (χ2v) is 4.89. The number of rotatable bonds is 2. The van der Waals surface area contributed by atoms with E-state index >= 15 is 0 Å². The zero-order valence-corrected chi connectivity index (χ0v) is 11.3. The number of aromatic nitrogens is 1. The molecule has 0 saturated carbocycles. The van der Waals surface area contributed by atoms with Crippen LogP contribution in [0.15, 0.2) is 34.9 Å². The lowest BCUT2D eigenvalue weighted by Crippen LogP contribution is -1.95. The van der Waals surface area contributed by atoms with E-state index in [1.807, 2.05) is 26.0 Å². The summed E-state index contributed by atoms with van der Waals surface area (Å²) in [6.07, 6.45) is 1.66. The van der Waals surface area contributed by atoms with Crippen LogP contribution in [0.1, 0.15) is 11.1 Å². The van der Waals surface area contributed by atoms with Crippen molar-refractivity contribution in [2.45, 2.75) is 13.8 Å². The molecule has 0 amide bonds. The molecule has 0 fully saturated rings. The molecule has 2 aromatic rings. The van der Waals surface area contributed by atoms with Crippen LogP contribution in [0.25, 0.3) is 0 Å². The van der Waals surface area contributed by atoms with Gasteiger partial charge in [0, 0.05) is 10.7 Å². The summed E-state index contributed by atoms with van der Waals surface area (Å²) in [6, 6.07) is 7.77. The van der Waals surface area contributed by atoms with E-state index in [1.165, 1.54) is 0 Å². The highest BCUT2D eigenvalue weighted by atomic mass is 79.9. The Labute approximate surface area is 109 Å². The first-order valence-corrected chi connectivity index (χ1v) is 6.01. The van der Waals surface area contributed by atoms with E-state index in [4.69, 9.17) is 10.5 Å². The van der Waals surface area contributed by atoms with Gasteiger partial charge in [0.25, 0.3) is 0 Å². The Morgan fingerprint density at radius 2 is 1.76 bits per heavy atom. The number of ether oxygens (including phenoxy) is 1. The van der Waals surface area contributed by atoms with E-state index < -0.39 is 0 Å². The number of halogens is 1. The Morgan fingerprint density at radius 1 is 1.12 bits per heavy atom. The van der Waals surface area contributed by atoms with E-state index in [0.717, 1.165) is 21.3 Å². The van der Waals surface area contributed by atoms with Crippen molar-refractivity contribution in [3.8, 4) is 11.6 Å². The number of nitrogen functional groups attached to an aromatic ring is 1. The van der Waals surface area contributed by atoms with Crippen molar-refractivity contribution in [2.24, 2.45) is 0 Å². The van der Waals surface area contributed by atoms with Gasteiger partial charge in [-0.05, 0) is 59.1 Å². The van der Waals surface area contributed by atoms with Gasteiger partial charge in [-0.3, -0.25) is 0 Å². The Morgan fingerprint density at radius 3 is 2.35 bits per heavy atom. The van der Waals surface area contributed by atoms with Crippen molar-refractivity contribution in [1.29, 1.82) is 0 Å². The number of nitrogens with zero attached hydrogens (tertiary/aromatic N) is 1. The van der Waals surface area contributed by atoms with Crippen LogP contribution < -0.4 is 10.5 Å². The Kier molecular flexibility index (Phi) is 3.33. The third kappa shape index (κ3) is 2.97. The lowest BCUT2D eigenvalue weighted by atomic mass is 10.1. The van der Waals surface area contributed by atoms with E-state index in [-0.39, 0.29) is 0 Å². The highest BCUT2D eigenvalue weighted by Crippen LogP contribution is 2.28. The topological polar surface area (TPSA) is 48.1 Å². The van der Waals surface area contributed by atoms with Crippen molar-refractivity contribution < 1.29 is 4.74 Å². The van der Waals surface area contributed by atoms with Gasteiger partial charge in [-0.2, -0.15) is 0 Å². The molecule has 0 saturated heterocycles. The number of aryl methyl sites for hydroxylation is 2. The van der Waals surface area contributed by atoms with E-state index in [2.05, 4.69) is 27.0 Å². The van der Waals surface area contributed by atoms with Gasteiger partial charge < -0.3 is 10.5 Å². The molecule has 0 radical (unpaired) electrons. The van der Waals surface area contributed by atoms with Crippen molar-refractivity contribution in [3.05, 3.63) is 46.1 Å². The number of pyridine rings is 1. The fraction of sp³-hybridized carbons (Fsp3) is 0.154. The van der Waals surface area contributed by atoms with Crippen molar-refractivity contribution >= 4 is 21.6 Å². The molecule has 88 valence electrons. The van der Waals surface area contributed by atoms with Gasteiger partial charge in [-0.1, -0.05) is 6.07 Å². The van der Waals surface area contributed by atoms with Gasteiger partial charge in [-0.15, -0.1) is 0 Å². The monoisotopic (exact) mass is 292 g/mol. The minimum atomic E-state index is 0.429. The summed E-state index contributed by atoms with van der Waals surface area (Å²) >= 11 is 3.31. The number of nitrogens with two attached hydrogens (primary N) is 1. The average molecular weight is 293 g/mol. The molecule has 1 aromatic heterocycles. The third-order valence-electron chi connectivity index (χ3n) is 2.26. The Balaban J connectivity index is 2.31. The highest BCUT2D eigenvalue weighted by molar-refractivity contribution is 9.10. The molecule has 1 heterocycles. The molecule has 0 spiro atoms. The number of hydrogen-bond donors (Lipinski definition) is 1. The minimum absolute atomic E-state index is 0.429. The molecular weight excluding hydrogens is 280 g/mol. The minimum Gasteiger partial charge on any atom is -0.437 e. The SMILES string of the molecule is Cc1cc(C)cc(Oc2ncc(Br)cc2N)c1. The number of anilines is 1. The Hall–Kier alpha value is -1.55. The molecule has 0 atom stereocenters. The van der Waals surface area contributed by atoms with E-state index in [1.54, 1.807) is 12.3 Å². The molecule has 0 unspecified atom stereocenters. The summed E-state index contributed by atoms with van der Waals surface area (Å²) in [5.74, 6) is 1.18. The summed E-state index contributed by atoms with van der Waals surface area (Å²) in [7, 11) is 0. The second kappa shape index (κ2) is 4.75. The average Bonchev–Trinajstić information content (AvgIpc) is 2.21. The van der Waals surface area contributed by atoms with Crippen molar-refractivity contribution in [3.63, 3.8) is 0 Å². The summed E-state index contributed by atoms with van der Waals surface area (Å²) in [6.45, 7) is 4.05. The van der Waals surface area contributed by atoms with Gasteiger partial charge in [0.05, 0.1) is 5.69 Å². The van der Waals surface area contributed by atoms with E-state index in [0.29, 0.717) is 11.6 Å². The molecule has 17 heavy (non-hydrogen) atoms. The van der Waals surface area contributed by atoms with Gasteiger partial charge in [0.1, 0.15) is 5.75 Å². The van der Waals surface area contributed by atoms with Gasteiger partial charge in [-0.25, -0.2) is 4.98 Å². The van der Waals surface area contributed by atoms with E-state index in [9.17, 15) is 0 Å². The van der Waals surface area contributed by atoms with Crippen molar-refractivity contribution in [2.75, 3.05) is 5.73 Å². The molecular formula is C13H13BrN2O. The Bertz CT molecular complexity index is 535. The van der Waals surface area contributed by atoms with Crippen LogP contribution in [0.2, 0.25) is 0 Å². The molecule has 0 bridgehead atoms. The first-order valence-electron chi connectivity index (χ1n) is 5.22. The summed E-state index contributed by atoms with van der Waals surface area (Å²) in [5.41, 5.74) is 8.64. The first-order chi connectivity index (χ1) is 8.04. The summed E-state index contributed by atoms with van der Waals surface area (Å²) < 4.78 is 6.50. The first kappa shape index (κ1) is 11.9. The van der Waals surface area contributed by atoms with Gasteiger partial charge >= 0.3 is 0 Å². The van der Waals surface area contributed by atoms with Crippen LogP contribution in [0.5, 0.6) is 11.6 Å². The zero-order chi connectivity index (χ0) is 12.4. The van der Waals surface area contributed by atoms with Crippen LogP contribution in [0, 0.1) is 13.8 Å². The molecule has 4 heteroatoms. The lowest BCUT2D eigenvalue weighted by Gasteiger charge is -2.09. The fourth-order valence-electron chi connectivity index (χ4n) is 1.63.